The van der Waals surface area contributed by atoms with Gasteiger partial charge in [0, 0.05) is 35.8 Å². The van der Waals surface area contributed by atoms with Gasteiger partial charge in [0.1, 0.15) is 17.3 Å². The maximum atomic E-state index is 12.1. The number of hydrogen-bond acceptors (Lipinski definition) is 5. The van der Waals surface area contributed by atoms with E-state index in [0.29, 0.717) is 18.7 Å². The number of rotatable bonds is 9. The lowest BCUT2D eigenvalue weighted by Crippen LogP contribution is -2.26. The largest absolute Gasteiger partial charge is 0.492 e. The van der Waals surface area contributed by atoms with Crippen molar-refractivity contribution < 1.29 is 18.3 Å². The average molecular weight is 478 g/mol. The van der Waals surface area contributed by atoms with E-state index in [4.69, 9.17) is 16.3 Å². The van der Waals surface area contributed by atoms with E-state index in [-0.39, 0.29) is 16.5 Å². The molecule has 2 aromatic carbocycles. The van der Waals surface area contributed by atoms with Crippen molar-refractivity contribution in [1.82, 2.24) is 15.0 Å². The monoisotopic (exact) mass is 477 g/mol. The molecule has 1 aliphatic rings. The van der Waals surface area contributed by atoms with Crippen LogP contribution in [0.1, 0.15) is 35.8 Å². The number of benzene rings is 2. The molecule has 7 nitrogen and oxygen atoms in total. The molecule has 0 aliphatic heterocycles. The van der Waals surface area contributed by atoms with E-state index >= 15 is 0 Å². The summed E-state index contributed by atoms with van der Waals surface area (Å²) in [5.74, 6) is 0.804. The van der Waals surface area contributed by atoms with Crippen LogP contribution in [-0.4, -0.2) is 45.3 Å². The van der Waals surface area contributed by atoms with E-state index in [9.17, 15) is 13.5 Å². The zero-order valence-electron chi connectivity index (χ0n) is 17.9. The molecule has 0 amide bonds. The van der Waals surface area contributed by atoms with Gasteiger partial charge in [-0.3, -0.25) is 0 Å². The third kappa shape index (κ3) is 4.94. The Balaban J connectivity index is 1.29. The SMILES string of the molecule is CNS(=O)(=O)c1cc([C@@H](O)CNCCOc2ccc3c4c([nH]c3c2)CCCC4)ccc1Cl. The Morgan fingerprint density at radius 1 is 1.19 bits per heavy atom. The second-order valence-electron chi connectivity index (χ2n) is 7.96. The molecule has 0 radical (unpaired) electrons. The summed E-state index contributed by atoms with van der Waals surface area (Å²) >= 11 is 6.00. The van der Waals surface area contributed by atoms with Crippen molar-refractivity contribution in [2.45, 2.75) is 36.7 Å². The first-order valence-corrected chi connectivity index (χ1v) is 12.6. The summed E-state index contributed by atoms with van der Waals surface area (Å²) in [6, 6.07) is 10.6. The van der Waals surface area contributed by atoms with E-state index in [1.165, 1.54) is 48.7 Å². The molecule has 1 atom stereocenters. The molecule has 9 heteroatoms. The first-order chi connectivity index (χ1) is 15.4. The van der Waals surface area contributed by atoms with E-state index in [1.54, 1.807) is 6.07 Å². The van der Waals surface area contributed by atoms with Crippen molar-refractivity contribution in [3.8, 4) is 5.75 Å². The van der Waals surface area contributed by atoms with Gasteiger partial charge < -0.3 is 20.1 Å². The number of ether oxygens (including phenoxy) is 1. The van der Waals surface area contributed by atoms with E-state index < -0.39 is 16.1 Å². The highest BCUT2D eigenvalue weighted by atomic mass is 35.5. The van der Waals surface area contributed by atoms with Gasteiger partial charge in [0.05, 0.1) is 11.1 Å². The maximum Gasteiger partial charge on any atom is 0.241 e. The summed E-state index contributed by atoms with van der Waals surface area (Å²) in [6.45, 7) is 1.23. The molecule has 3 aromatic rings. The highest BCUT2D eigenvalue weighted by Gasteiger charge is 2.19. The van der Waals surface area contributed by atoms with Crippen molar-refractivity contribution in [2.75, 3.05) is 26.7 Å². The molecular weight excluding hydrogens is 450 g/mol. The van der Waals surface area contributed by atoms with Crippen molar-refractivity contribution in [3.63, 3.8) is 0 Å². The highest BCUT2D eigenvalue weighted by molar-refractivity contribution is 7.89. The van der Waals surface area contributed by atoms with Gasteiger partial charge in [0.2, 0.25) is 10.0 Å². The fourth-order valence-corrected chi connectivity index (χ4v) is 5.38. The van der Waals surface area contributed by atoms with Crippen molar-refractivity contribution in [2.24, 2.45) is 0 Å². The Morgan fingerprint density at radius 3 is 2.81 bits per heavy atom. The Bertz CT molecular complexity index is 1210. The molecule has 0 fully saturated rings. The van der Waals surface area contributed by atoms with Crippen molar-refractivity contribution in [3.05, 3.63) is 58.2 Å². The third-order valence-corrected chi connectivity index (χ3v) is 7.75. The predicted molar refractivity (Wildman–Crippen MR) is 126 cm³/mol. The average Bonchev–Trinajstić information content (AvgIpc) is 3.16. The number of aromatic amines is 1. The second kappa shape index (κ2) is 9.80. The summed E-state index contributed by atoms with van der Waals surface area (Å²) in [7, 11) is -2.38. The van der Waals surface area contributed by atoms with Crippen LogP contribution in [0.5, 0.6) is 5.75 Å². The normalized spacial score (nSPS) is 15.0. The molecule has 0 saturated heterocycles. The van der Waals surface area contributed by atoms with E-state index in [1.807, 2.05) is 12.1 Å². The van der Waals surface area contributed by atoms with Gasteiger partial charge in [-0.25, -0.2) is 13.1 Å². The number of fused-ring (bicyclic) bond motifs is 3. The van der Waals surface area contributed by atoms with Crippen molar-refractivity contribution >= 4 is 32.5 Å². The predicted octanol–water partition coefficient (Wildman–Crippen LogP) is 3.31. The number of nitrogens with one attached hydrogen (secondary N) is 3. The van der Waals surface area contributed by atoms with E-state index in [0.717, 1.165) is 24.1 Å². The minimum Gasteiger partial charge on any atom is -0.492 e. The minimum absolute atomic E-state index is 0.0528. The first kappa shape index (κ1) is 23.1. The van der Waals surface area contributed by atoms with Gasteiger partial charge in [-0.15, -0.1) is 0 Å². The van der Waals surface area contributed by atoms with Gasteiger partial charge in [-0.1, -0.05) is 17.7 Å². The third-order valence-electron chi connectivity index (χ3n) is 5.85. The summed E-state index contributed by atoms with van der Waals surface area (Å²) in [6.07, 6.45) is 3.86. The lowest BCUT2D eigenvalue weighted by Gasteiger charge is -2.15. The molecule has 1 heterocycles. The number of H-pyrrole nitrogens is 1. The van der Waals surface area contributed by atoms with Crippen LogP contribution in [0.3, 0.4) is 0 Å². The summed E-state index contributed by atoms with van der Waals surface area (Å²) in [4.78, 5) is 3.48. The molecule has 0 saturated carbocycles. The number of aryl methyl sites for hydroxylation is 2. The molecule has 4 N–H and O–H groups in total. The van der Waals surface area contributed by atoms with Crippen LogP contribution in [-0.2, 0) is 22.9 Å². The lowest BCUT2D eigenvalue weighted by molar-refractivity contribution is 0.171. The molecule has 0 spiro atoms. The molecule has 0 unspecified atom stereocenters. The summed E-state index contributed by atoms with van der Waals surface area (Å²) < 4.78 is 32.2. The Labute approximate surface area is 193 Å². The Hall–Kier alpha value is -2.10. The van der Waals surface area contributed by atoms with E-state index in [2.05, 4.69) is 21.1 Å². The van der Waals surface area contributed by atoms with Gasteiger partial charge in [-0.05, 0) is 68.1 Å². The quantitative estimate of drug-likeness (QED) is 0.354. The fourth-order valence-electron chi connectivity index (χ4n) is 4.12. The maximum absolute atomic E-state index is 12.1. The summed E-state index contributed by atoms with van der Waals surface area (Å²) in [5.41, 5.74) is 4.39. The zero-order valence-corrected chi connectivity index (χ0v) is 19.5. The number of aromatic nitrogens is 1. The van der Waals surface area contributed by atoms with Gasteiger partial charge >= 0.3 is 0 Å². The highest BCUT2D eigenvalue weighted by Crippen LogP contribution is 2.31. The van der Waals surface area contributed by atoms with Crippen molar-refractivity contribution in [1.29, 1.82) is 0 Å². The van der Waals surface area contributed by atoms with Gasteiger partial charge in [0.25, 0.3) is 0 Å². The molecule has 1 aliphatic carbocycles. The Morgan fingerprint density at radius 2 is 2.00 bits per heavy atom. The van der Waals surface area contributed by atoms with Crippen LogP contribution < -0.4 is 14.8 Å². The molecule has 4 rings (SSSR count). The van der Waals surface area contributed by atoms with Gasteiger partial charge in [-0.2, -0.15) is 0 Å². The minimum atomic E-state index is -3.70. The molecule has 172 valence electrons. The van der Waals surface area contributed by atoms with Crippen LogP contribution in [0.25, 0.3) is 10.9 Å². The van der Waals surface area contributed by atoms with Crippen LogP contribution in [0.15, 0.2) is 41.3 Å². The number of sulfonamides is 1. The van der Waals surface area contributed by atoms with Crippen LogP contribution >= 0.6 is 11.6 Å². The summed E-state index contributed by atoms with van der Waals surface area (Å²) in [5, 5.41) is 15.0. The molecular formula is C23H28ClN3O4S. The standard InChI is InChI=1S/C23H28ClN3O4S/c1-25-32(29,30)23-12-15(6-9-19(23)24)22(28)14-26-10-11-31-16-7-8-18-17-4-2-3-5-20(17)27-21(18)13-16/h6-9,12-13,22,25-28H,2-5,10-11,14H2,1H3/t22-/m0/s1. The smallest absolute Gasteiger partial charge is 0.241 e. The van der Waals surface area contributed by atoms with Crippen LogP contribution in [0, 0.1) is 0 Å². The van der Waals surface area contributed by atoms with Crippen LogP contribution in [0.4, 0.5) is 0 Å². The second-order valence-corrected chi connectivity index (χ2v) is 10.2. The fraction of sp³-hybridized carbons (Fsp3) is 0.391. The number of hydrogen-bond donors (Lipinski definition) is 4. The number of aliphatic hydroxyl groups excluding tert-OH is 1. The molecule has 0 bridgehead atoms. The van der Waals surface area contributed by atoms with Gasteiger partial charge in [0.15, 0.2) is 0 Å². The topological polar surface area (TPSA) is 103 Å². The number of aliphatic hydroxyl groups is 1. The zero-order chi connectivity index (χ0) is 22.7. The Kier molecular flexibility index (Phi) is 7.07. The first-order valence-electron chi connectivity index (χ1n) is 10.8. The molecule has 1 aromatic heterocycles. The molecule has 32 heavy (non-hydrogen) atoms. The van der Waals surface area contributed by atoms with Crippen LogP contribution in [0.2, 0.25) is 5.02 Å². The number of halogens is 1. The lowest BCUT2D eigenvalue weighted by atomic mass is 9.96.